The van der Waals surface area contributed by atoms with Gasteiger partial charge in [0.25, 0.3) is 5.92 Å². The summed E-state index contributed by atoms with van der Waals surface area (Å²) < 4.78 is 29.0. The number of rotatable bonds is 2. The molecule has 0 bridgehead atoms. The van der Waals surface area contributed by atoms with Gasteiger partial charge in [-0.15, -0.1) is 0 Å². The van der Waals surface area contributed by atoms with Gasteiger partial charge in [-0.3, -0.25) is 0 Å². The fourth-order valence-corrected chi connectivity index (χ4v) is 2.92. The van der Waals surface area contributed by atoms with Crippen molar-refractivity contribution in [1.29, 1.82) is 0 Å². The quantitative estimate of drug-likeness (QED) is 0.690. The van der Waals surface area contributed by atoms with Gasteiger partial charge in [-0.05, 0) is 23.1 Å². The van der Waals surface area contributed by atoms with Crippen LogP contribution in [0.2, 0.25) is 0 Å². The van der Waals surface area contributed by atoms with Crippen LogP contribution in [0.15, 0.2) is 72.8 Å². The third-order valence-corrected chi connectivity index (χ3v) is 3.99. The minimum atomic E-state index is -2.89. The van der Waals surface area contributed by atoms with Gasteiger partial charge in [-0.2, -0.15) is 0 Å². The number of allylic oxidation sites excluding steroid dienone is 1. The van der Waals surface area contributed by atoms with E-state index in [-0.39, 0.29) is 5.57 Å². The molecular weight excluding hydrogens is 242 g/mol. The standard InChI is InChI=1S/C17H14F2/c1-13-12-16(17(13,18)19,14-8-4-2-5-9-14)15-10-6-3-7-11-15/h2-11H,1,12H2. The van der Waals surface area contributed by atoms with E-state index in [0.29, 0.717) is 17.5 Å². The minimum Gasteiger partial charge on any atom is -0.200 e. The molecule has 0 aliphatic heterocycles. The molecule has 0 amide bonds. The summed E-state index contributed by atoms with van der Waals surface area (Å²) in [5.41, 5.74) is 0.0597. The van der Waals surface area contributed by atoms with Crippen LogP contribution >= 0.6 is 0 Å². The van der Waals surface area contributed by atoms with Gasteiger partial charge in [-0.1, -0.05) is 67.2 Å². The zero-order valence-electron chi connectivity index (χ0n) is 10.4. The third kappa shape index (κ3) is 1.49. The van der Waals surface area contributed by atoms with E-state index in [0.717, 1.165) is 0 Å². The van der Waals surface area contributed by atoms with Crippen LogP contribution in [-0.2, 0) is 5.41 Å². The van der Waals surface area contributed by atoms with E-state index in [1.807, 2.05) is 12.1 Å². The molecule has 0 spiro atoms. The largest absolute Gasteiger partial charge is 0.282 e. The van der Waals surface area contributed by atoms with E-state index in [4.69, 9.17) is 0 Å². The Morgan fingerprint density at radius 3 is 1.53 bits per heavy atom. The molecule has 0 heterocycles. The zero-order valence-corrected chi connectivity index (χ0v) is 10.4. The lowest BCUT2D eigenvalue weighted by molar-refractivity contribution is -0.0775. The summed E-state index contributed by atoms with van der Waals surface area (Å²) >= 11 is 0. The second-order valence-electron chi connectivity index (χ2n) is 4.99. The molecule has 1 saturated carbocycles. The van der Waals surface area contributed by atoms with E-state index in [2.05, 4.69) is 6.58 Å². The lowest BCUT2D eigenvalue weighted by atomic mass is 9.55. The summed E-state index contributed by atoms with van der Waals surface area (Å²) in [5.74, 6) is -2.89. The SMILES string of the molecule is C=C1CC(c2ccccc2)(c2ccccc2)C1(F)F. The monoisotopic (exact) mass is 256 g/mol. The predicted molar refractivity (Wildman–Crippen MR) is 72.4 cm³/mol. The van der Waals surface area contributed by atoms with Crippen molar-refractivity contribution >= 4 is 0 Å². The molecule has 0 nitrogen and oxygen atoms in total. The molecule has 0 unspecified atom stereocenters. The molecule has 2 aromatic rings. The molecular formula is C17H14F2. The lowest BCUT2D eigenvalue weighted by Crippen LogP contribution is -2.57. The Kier molecular flexibility index (Phi) is 2.56. The van der Waals surface area contributed by atoms with Gasteiger partial charge >= 0.3 is 0 Å². The molecule has 1 fully saturated rings. The van der Waals surface area contributed by atoms with Crippen molar-refractivity contribution in [2.45, 2.75) is 17.8 Å². The Morgan fingerprint density at radius 2 is 1.21 bits per heavy atom. The van der Waals surface area contributed by atoms with Crippen molar-refractivity contribution in [3.05, 3.63) is 83.9 Å². The summed E-state index contributed by atoms with van der Waals surface area (Å²) in [6.45, 7) is 3.51. The minimum absolute atomic E-state index is 0.0141. The highest BCUT2D eigenvalue weighted by Crippen LogP contribution is 2.61. The molecule has 0 aromatic heterocycles. The molecule has 0 atom stereocenters. The van der Waals surface area contributed by atoms with Crippen LogP contribution in [-0.4, -0.2) is 5.92 Å². The van der Waals surface area contributed by atoms with E-state index in [9.17, 15) is 8.78 Å². The summed E-state index contributed by atoms with van der Waals surface area (Å²) in [4.78, 5) is 0. The molecule has 19 heavy (non-hydrogen) atoms. The average Bonchev–Trinajstić information content (AvgIpc) is 2.46. The van der Waals surface area contributed by atoms with Gasteiger partial charge in [0.15, 0.2) is 0 Å². The van der Waals surface area contributed by atoms with Gasteiger partial charge in [0, 0.05) is 0 Å². The molecule has 0 radical (unpaired) electrons. The molecule has 0 N–H and O–H groups in total. The molecule has 2 aromatic carbocycles. The average molecular weight is 256 g/mol. The predicted octanol–water partition coefficient (Wildman–Crippen LogP) is 4.57. The van der Waals surface area contributed by atoms with Gasteiger partial charge < -0.3 is 0 Å². The molecule has 3 rings (SSSR count). The lowest BCUT2D eigenvalue weighted by Gasteiger charge is -2.51. The van der Waals surface area contributed by atoms with Crippen molar-refractivity contribution in [2.24, 2.45) is 0 Å². The van der Waals surface area contributed by atoms with Crippen LogP contribution in [0.1, 0.15) is 17.5 Å². The van der Waals surface area contributed by atoms with E-state index < -0.39 is 11.3 Å². The van der Waals surface area contributed by atoms with Crippen LogP contribution in [0.4, 0.5) is 8.78 Å². The maximum Gasteiger partial charge on any atom is 0.282 e. The van der Waals surface area contributed by atoms with Crippen LogP contribution < -0.4 is 0 Å². The van der Waals surface area contributed by atoms with E-state index in [1.54, 1.807) is 48.5 Å². The number of halogens is 2. The van der Waals surface area contributed by atoms with E-state index >= 15 is 0 Å². The van der Waals surface area contributed by atoms with Crippen molar-refractivity contribution < 1.29 is 8.78 Å². The van der Waals surface area contributed by atoms with Crippen LogP contribution in [0.3, 0.4) is 0 Å². The highest BCUT2D eigenvalue weighted by molar-refractivity contribution is 5.53. The summed E-state index contributed by atoms with van der Waals surface area (Å²) in [7, 11) is 0. The number of hydrogen-bond donors (Lipinski definition) is 0. The second-order valence-corrected chi connectivity index (χ2v) is 4.99. The fraction of sp³-hybridized carbons (Fsp3) is 0.176. The molecule has 1 aliphatic carbocycles. The topological polar surface area (TPSA) is 0 Å². The van der Waals surface area contributed by atoms with Gasteiger partial charge in [0.2, 0.25) is 0 Å². The van der Waals surface area contributed by atoms with Crippen LogP contribution in [0.5, 0.6) is 0 Å². The Balaban J connectivity index is 2.22. The summed E-state index contributed by atoms with van der Waals surface area (Å²) in [6, 6.07) is 18.0. The summed E-state index contributed by atoms with van der Waals surface area (Å²) in [5, 5.41) is 0. The Labute approximate surface area is 111 Å². The van der Waals surface area contributed by atoms with Gasteiger partial charge in [0.05, 0.1) is 5.41 Å². The Hall–Kier alpha value is -1.96. The van der Waals surface area contributed by atoms with Crippen molar-refractivity contribution in [1.82, 2.24) is 0 Å². The molecule has 2 heteroatoms. The first kappa shape index (κ1) is 12.1. The number of hydrogen-bond acceptors (Lipinski definition) is 0. The maximum atomic E-state index is 14.5. The van der Waals surface area contributed by atoms with Crippen molar-refractivity contribution in [3.8, 4) is 0 Å². The zero-order chi connectivity index (χ0) is 13.5. The number of alkyl halides is 2. The van der Waals surface area contributed by atoms with Crippen molar-refractivity contribution in [2.75, 3.05) is 0 Å². The first-order valence-electron chi connectivity index (χ1n) is 6.26. The highest BCUT2D eigenvalue weighted by atomic mass is 19.3. The van der Waals surface area contributed by atoms with E-state index in [1.165, 1.54) is 0 Å². The molecule has 96 valence electrons. The fourth-order valence-electron chi connectivity index (χ4n) is 2.92. The first-order valence-corrected chi connectivity index (χ1v) is 6.26. The first-order chi connectivity index (χ1) is 9.09. The third-order valence-electron chi connectivity index (χ3n) is 3.99. The van der Waals surface area contributed by atoms with Crippen LogP contribution in [0, 0.1) is 0 Å². The van der Waals surface area contributed by atoms with Crippen LogP contribution in [0.25, 0.3) is 0 Å². The molecule has 1 aliphatic rings. The maximum absolute atomic E-state index is 14.5. The van der Waals surface area contributed by atoms with Gasteiger partial charge in [-0.25, -0.2) is 8.78 Å². The normalized spacial score (nSPS) is 19.8. The molecule has 0 saturated heterocycles. The highest BCUT2D eigenvalue weighted by Gasteiger charge is 2.66. The van der Waals surface area contributed by atoms with Crippen molar-refractivity contribution in [3.63, 3.8) is 0 Å². The van der Waals surface area contributed by atoms with Gasteiger partial charge in [0.1, 0.15) is 0 Å². The summed E-state index contributed by atoms with van der Waals surface area (Å²) in [6.07, 6.45) is 0.300. The Morgan fingerprint density at radius 1 is 0.789 bits per heavy atom. The number of benzene rings is 2. The second kappa shape index (κ2) is 4.02. The Bertz CT molecular complexity index is 560. The smallest absolute Gasteiger partial charge is 0.200 e.